The first-order chi connectivity index (χ1) is 10.8. The van der Waals surface area contributed by atoms with Crippen LogP contribution in [0, 0.1) is 0 Å². The van der Waals surface area contributed by atoms with E-state index in [1.165, 1.54) is 0 Å². The molecule has 0 spiro atoms. The van der Waals surface area contributed by atoms with Crippen LogP contribution in [-0.2, 0) is 14.2 Å². The van der Waals surface area contributed by atoms with Gasteiger partial charge < -0.3 is 55.1 Å². The third-order valence-corrected chi connectivity index (χ3v) is 3.98. The molecular weight excluding hydrogens is 320 g/mol. The monoisotopic (exact) mass is 342 g/mol. The highest BCUT2D eigenvalue weighted by molar-refractivity contribution is 4.93. The highest BCUT2D eigenvalue weighted by Crippen LogP contribution is 2.28. The summed E-state index contributed by atoms with van der Waals surface area (Å²) in [5.41, 5.74) is 0. The van der Waals surface area contributed by atoms with E-state index < -0.39 is 74.6 Å². The van der Waals surface area contributed by atoms with E-state index in [1.54, 1.807) is 0 Å². The summed E-state index contributed by atoms with van der Waals surface area (Å²) in [5.74, 6) is 0. The molecule has 2 aliphatic rings. The van der Waals surface area contributed by atoms with Gasteiger partial charge in [-0.25, -0.2) is 0 Å². The van der Waals surface area contributed by atoms with Gasteiger partial charge in [-0.1, -0.05) is 0 Å². The average Bonchev–Trinajstić information content (AvgIpc) is 2.54. The first-order valence-electron chi connectivity index (χ1n) is 7.08. The molecule has 0 aliphatic carbocycles. The lowest BCUT2D eigenvalue weighted by Crippen LogP contribution is -2.64. The van der Waals surface area contributed by atoms with Crippen LogP contribution >= 0.6 is 0 Å². The summed E-state index contributed by atoms with van der Waals surface area (Å²) in [6.07, 6.45) is -15.6. The molecule has 0 bridgehead atoms. The van der Waals surface area contributed by atoms with Crippen molar-refractivity contribution in [2.24, 2.45) is 0 Å². The Morgan fingerprint density at radius 2 is 1.17 bits per heavy atom. The van der Waals surface area contributed by atoms with E-state index in [0.29, 0.717) is 0 Å². The van der Waals surface area contributed by atoms with E-state index in [0.717, 1.165) is 0 Å². The number of hydrogen-bond acceptors (Lipinski definition) is 11. The Kier molecular flexibility index (Phi) is 6.27. The van der Waals surface area contributed by atoms with Crippen molar-refractivity contribution in [3.63, 3.8) is 0 Å². The quantitative estimate of drug-likeness (QED) is 0.243. The van der Waals surface area contributed by atoms with Crippen molar-refractivity contribution >= 4 is 0 Å². The molecular formula is C12H22O11. The lowest BCUT2D eigenvalue weighted by molar-refractivity contribution is -0.361. The van der Waals surface area contributed by atoms with Crippen LogP contribution in [0.2, 0.25) is 0 Å². The van der Waals surface area contributed by atoms with E-state index in [9.17, 15) is 30.6 Å². The summed E-state index contributed by atoms with van der Waals surface area (Å²) in [5, 5.41) is 76.7. The molecule has 2 aliphatic heterocycles. The standard InChI is InChI=1S/C12H22O11/c13-1-3-6(16)8(18)10(11(20)21-3)23-12-9(19)7(17)5(15)4(2-14)22-12/h3-20H,1-2H2/t3-,4+,5-,6-,7+,8+,9-,10-,11-,12+/m1/s1. The fraction of sp³-hybridized carbons (Fsp3) is 1.00. The van der Waals surface area contributed by atoms with Crippen LogP contribution in [0.1, 0.15) is 0 Å². The van der Waals surface area contributed by atoms with Crippen LogP contribution in [0.25, 0.3) is 0 Å². The lowest BCUT2D eigenvalue weighted by Gasteiger charge is -2.44. The molecule has 2 fully saturated rings. The average molecular weight is 342 g/mol. The van der Waals surface area contributed by atoms with Crippen LogP contribution in [-0.4, -0.2) is 115 Å². The van der Waals surface area contributed by atoms with Crippen molar-refractivity contribution < 1.29 is 55.1 Å². The Balaban J connectivity index is 2.08. The van der Waals surface area contributed by atoms with Gasteiger partial charge >= 0.3 is 0 Å². The van der Waals surface area contributed by atoms with Crippen molar-refractivity contribution in [2.75, 3.05) is 13.2 Å². The molecule has 0 amide bonds. The molecule has 2 rings (SSSR count). The van der Waals surface area contributed by atoms with Crippen LogP contribution < -0.4 is 0 Å². The Hall–Kier alpha value is -0.440. The second-order valence-corrected chi connectivity index (χ2v) is 5.53. The molecule has 0 aromatic rings. The van der Waals surface area contributed by atoms with Gasteiger partial charge in [0.25, 0.3) is 0 Å². The molecule has 23 heavy (non-hydrogen) atoms. The van der Waals surface area contributed by atoms with Gasteiger partial charge in [-0.15, -0.1) is 0 Å². The van der Waals surface area contributed by atoms with Gasteiger partial charge in [0, 0.05) is 0 Å². The van der Waals surface area contributed by atoms with E-state index in [2.05, 4.69) is 0 Å². The minimum atomic E-state index is -1.75. The van der Waals surface area contributed by atoms with Gasteiger partial charge in [0.05, 0.1) is 13.2 Å². The van der Waals surface area contributed by atoms with Crippen LogP contribution in [0.3, 0.4) is 0 Å². The second kappa shape index (κ2) is 7.63. The molecule has 0 unspecified atom stereocenters. The zero-order chi connectivity index (χ0) is 17.3. The van der Waals surface area contributed by atoms with Gasteiger partial charge in [0.1, 0.15) is 48.8 Å². The van der Waals surface area contributed by atoms with Crippen LogP contribution in [0.4, 0.5) is 0 Å². The fourth-order valence-electron chi connectivity index (χ4n) is 2.55. The van der Waals surface area contributed by atoms with Crippen LogP contribution in [0.15, 0.2) is 0 Å². The van der Waals surface area contributed by atoms with Crippen molar-refractivity contribution in [3.05, 3.63) is 0 Å². The Morgan fingerprint density at radius 1 is 0.652 bits per heavy atom. The number of aliphatic hydroxyl groups excluding tert-OH is 8. The third-order valence-electron chi connectivity index (χ3n) is 3.98. The lowest BCUT2D eigenvalue weighted by atomic mass is 9.97. The van der Waals surface area contributed by atoms with Crippen molar-refractivity contribution in [1.82, 2.24) is 0 Å². The summed E-state index contributed by atoms with van der Waals surface area (Å²) in [6.45, 7) is -1.33. The topological polar surface area (TPSA) is 190 Å². The minimum Gasteiger partial charge on any atom is -0.394 e. The molecule has 11 nitrogen and oxygen atoms in total. The molecule has 0 aromatic carbocycles. The highest BCUT2D eigenvalue weighted by atomic mass is 16.7. The molecule has 11 heteroatoms. The van der Waals surface area contributed by atoms with Gasteiger partial charge in [-0.05, 0) is 0 Å². The number of hydrogen-bond donors (Lipinski definition) is 8. The summed E-state index contributed by atoms with van der Waals surface area (Å²) in [7, 11) is 0. The Morgan fingerprint density at radius 3 is 1.74 bits per heavy atom. The normalized spacial score (nSPS) is 51.7. The van der Waals surface area contributed by atoms with E-state index in [-0.39, 0.29) is 0 Å². The number of rotatable bonds is 4. The summed E-state index contributed by atoms with van der Waals surface area (Å²) < 4.78 is 15.1. The smallest absolute Gasteiger partial charge is 0.187 e. The van der Waals surface area contributed by atoms with Crippen molar-refractivity contribution in [2.45, 2.75) is 61.4 Å². The largest absolute Gasteiger partial charge is 0.394 e. The predicted octanol–water partition coefficient (Wildman–Crippen LogP) is -5.40. The number of aliphatic hydroxyl groups is 8. The molecule has 10 atom stereocenters. The van der Waals surface area contributed by atoms with Gasteiger partial charge in [0.15, 0.2) is 12.6 Å². The minimum absolute atomic E-state index is 0.651. The zero-order valence-corrected chi connectivity index (χ0v) is 12.0. The molecule has 0 aromatic heterocycles. The third kappa shape index (κ3) is 3.65. The fourth-order valence-corrected chi connectivity index (χ4v) is 2.55. The Bertz CT molecular complexity index is 380. The van der Waals surface area contributed by atoms with Gasteiger partial charge in [-0.2, -0.15) is 0 Å². The van der Waals surface area contributed by atoms with E-state index in [1.807, 2.05) is 0 Å². The van der Waals surface area contributed by atoms with E-state index in [4.69, 9.17) is 24.4 Å². The SMILES string of the molecule is OC[C@@H]1O[C@@H](O[C@@H]2[C@@H](O)[C@H](O)[C@@H](CO)O[C@H]2O)[C@H](O)[C@@H](O)[C@@H]1O. The maximum absolute atomic E-state index is 9.94. The number of ether oxygens (including phenoxy) is 3. The highest BCUT2D eigenvalue weighted by Gasteiger charge is 2.50. The summed E-state index contributed by atoms with van der Waals surface area (Å²) in [4.78, 5) is 0. The zero-order valence-electron chi connectivity index (χ0n) is 12.0. The van der Waals surface area contributed by atoms with Gasteiger partial charge in [0.2, 0.25) is 0 Å². The molecule has 136 valence electrons. The predicted molar refractivity (Wildman–Crippen MR) is 68.6 cm³/mol. The van der Waals surface area contributed by atoms with Crippen molar-refractivity contribution in [3.8, 4) is 0 Å². The molecule has 8 N–H and O–H groups in total. The van der Waals surface area contributed by atoms with Crippen LogP contribution in [0.5, 0.6) is 0 Å². The second-order valence-electron chi connectivity index (χ2n) is 5.53. The maximum Gasteiger partial charge on any atom is 0.187 e. The maximum atomic E-state index is 9.94. The first kappa shape index (κ1) is 18.9. The molecule has 0 saturated carbocycles. The first-order valence-corrected chi connectivity index (χ1v) is 7.08. The summed E-state index contributed by atoms with van der Waals surface area (Å²) >= 11 is 0. The van der Waals surface area contributed by atoms with E-state index >= 15 is 0 Å². The molecule has 0 radical (unpaired) electrons. The Labute approximate surface area is 130 Å². The molecule has 2 heterocycles. The van der Waals surface area contributed by atoms with Gasteiger partial charge in [-0.3, -0.25) is 0 Å². The van der Waals surface area contributed by atoms with Crippen molar-refractivity contribution in [1.29, 1.82) is 0 Å². The summed E-state index contributed by atoms with van der Waals surface area (Å²) in [6, 6.07) is 0. The molecule has 2 saturated heterocycles.